The number of aliphatic carboxylic acids is 1. The number of aromatic nitrogens is 2. The predicted molar refractivity (Wildman–Crippen MR) is 83.4 cm³/mol. The van der Waals surface area contributed by atoms with E-state index in [1.807, 2.05) is 13.8 Å². The Hall–Kier alpha value is -2.83. The molecule has 0 aliphatic heterocycles. The van der Waals surface area contributed by atoms with Gasteiger partial charge in [0.05, 0.1) is 7.11 Å². The van der Waals surface area contributed by atoms with E-state index in [9.17, 15) is 14.7 Å². The molecule has 122 valence electrons. The fourth-order valence-electron chi connectivity index (χ4n) is 2.04. The monoisotopic (exact) mass is 317 g/mol. The van der Waals surface area contributed by atoms with Crippen molar-refractivity contribution in [3.8, 4) is 5.75 Å². The third-order valence-electron chi connectivity index (χ3n) is 3.34. The number of amides is 1. The van der Waals surface area contributed by atoms with Crippen molar-refractivity contribution in [1.82, 2.24) is 15.1 Å². The molecule has 7 heteroatoms. The van der Waals surface area contributed by atoms with Gasteiger partial charge in [0, 0.05) is 12.2 Å². The van der Waals surface area contributed by atoms with Gasteiger partial charge >= 0.3 is 5.97 Å². The van der Waals surface area contributed by atoms with Crippen molar-refractivity contribution in [3.05, 3.63) is 47.8 Å². The molecule has 0 bridgehead atoms. The molecule has 2 rings (SSSR count). The summed E-state index contributed by atoms with van der Waals surface area (Å²) in [5.74, 6) is -1.07. The molecular formula is C16H19N3O4. The lowest BCUT2D eigenvalue weighted by Crippen LogP contribution is -2.34. The van der Waals surface area contributed by atoms with Crippen molar-refractivity contribution >= 4 is 11.9 Å². The molecule has 0 spiro atoms. The van der Waals surface area contributed by atoms with Crippen molar-refractivity contribution in [3.63, 3.8) is 0 Å². The Kier molecular flexibility index (Phi) is 5.00. The van der Waals surface area contributed by atoms with Gasteiger partial charge in [-0.25, -0.2) is 4.79 Å². The number of nitrogens with zero attached hydrogens (tertiary/aromatic N) is 2. The number of carboxylic acids is 1. The first-order valence-corrected chi connectivity index (χ1v) is 7.15. The number of rotatable bonds is 6. The molecule has 0 saturated carbocycles. The first-order valence-electron chi connectivity index (χ1n) is 7.15. The minimum Gasteiger partial charge on any atom is -0.497 e. The first kappa shape index (κ1) is 16.5. The summed E-state index contributed by atoms with van der Waals surface area (Å²) in [7, 11) is 1.52. The molecule has 1 atom stereocenters. The van der Waals surface area contributed by atoms with Gasteiger partial charge < -0.3 is 15.2 Å². The second kappa shape index (κ2) is 6.95. The van der Waals surface area contributed by atoms with Crippen LogP contribution in [0.2, 0.25) is 0 Å². The van der Waals surface area contributed by atoms with Crippen LogP contribution >= 0.6 is 0 Å². The molecule has 7 nitrogen and oxygen atoms in total. The molecule has 1 unspecified atom stereocenters. The predicted octanol–water partition coefficient (Wildman–Crippen LogP) is 2.03. The summed E-state index contributed by atoms with van der Waals surface area (Å²) in [4.78, 5) is 23.7. The van der Waals surface area contributed by atoms with Gasteiger partial charge in [-0.15, -0.1) is 0 Å². The maximum Gasteiger partial charge on any atom is 0.330 e. The van der Waals surface area contributed by atoms with E-state index in [2.05, 4.69) is 10.4 Å². The normalized spacial score (nSPS) is 12.0. The molecule has 0 aliphatic carbocycles. The zero-order valence-electron chi connectivity index (χ0n) is 13.2. The lowest BCUT2D eigenvalue weighted by Gasteiger charge is -2.14. The minimum atomic E-state index is -1.15. The highest BCUT2D eigenvalue weighted by Gasteiger charge is 2.24. The molecule has 1 aromatic carbocycles. The minimum absolute atomic E-state index is 0.119. The number of hydrogen-bond donors (Lipinski definition) is 2. The topological polar surface area (TPSA) is 93.5 Å². The Morgan fingerprint density at radius 3 is 2.35 bits per heavy atom. The number of carboxylic acid groups (broad SMARTS) is 1. The second-order valence-corrected chi connectivity index (χ2v) is 5.29. The molecule has 2 N–H and O–H groups in total. The summed E-state index contributed by atoms with van der Waals surface area (Å²) < 4.78 is 6.67. The van der Waals surface area contributed by atoms with Crippen molar-refractivity contribution in [1.29, 1.82) is 0 Å². The quantitative estimate of drug-likeness (QED) is 0.850. The third-order valence-corrected chi connectivity index (χ3v) is 3.34. The van der Waals surface area contributed by atoms with E-state index in [1.54, 1.807) is 41.2 Å². The van der Waals surface area contributed by atoms with Gasteiger partial charge in [-0.2, -0.15) is 5.10 Å². The summed E-state index contributed by atoms with van der Waals surface area (Å²) in [5, 5.41) is 16.0. The zero-order chi connectivity index (χ0) is 17.0. The highest BCUT2D eigenvalue weighted by atomic mass is 16.5. The van der Waals surface area contributed by atoms with Gasteiger partial charge in [0.25, 0.3) is 5.91 Å². The summed E-state index contributed by atoms with van der Waals surface area (Å²) >= 11 is 0. The van der Waals surface area contributed by atoms with Gasteiger partial charge in [0.1, 0.15) is 11.4 Å². The smallest absolute Gasteiger partial charge is 0.330 e. The van der Waals surface area contributed by atoms with E-state index in [1.165, 1.54) is 7.11 Å². The molecule has 0 saturated heterocycles. The Balaban J connectivity index is 2.17. The Bertz CT molecular complexity index is 692. The van der Waals surface area contributed by atoms with Crippen LogP contribution in [0.5, 0.6) is 5.75 Å². The van der Waals surface area contributed by atoms with Crippen molar-refractivity contribution < 1.29 is 19.4 Å². The molecule has 1 aromatic heterocycles. The highest BCUT2D eigenvalue weighted by Crippen LogP contribution is 2.18. The average Bonchev–Trinajstić information content (AvgIpc) is 3.02. The molecule has 2 aromatic rings. The van der Waals surface area contributed by atoms with Crippen molar-refractivity contribution in [2.24, 2.45) is 0 Å². The lowest BCUT2D eigenvalue weighted by molar-refractivity contribution is -0.139. The maximum absolute atomic E-state index is 12.2. The van der Waals surface area contributed by atoms with E-state index >= 15 is 0 Å². The van der Waals surface area contributed by atoms with Gasteiger partial charge in [0.15, 0.2) is 6.04 Å². The fraction of sp³-hybridized carbons (Fsp3) is 0.312. The molecule has 23 heavy (non-hydrogen) atoms. The highest BCUT2D eigenvalue weighted by molar-refractivity contribution is 5.95. The van der Waals surface area contributed by atoms with Gasteiger partial charge in [0.2, 0.25) is 0 Å². The van der Waals surface area contributed by atoms with E-state index < -0.39 is 17.9 Å². The Morgan fingerprint density at radius 1 is 1.22 bits per heavy atom. The van der Waals surface area contributed by atoms with Crippen LogP contribution in [0.3, 0.4) is 0 Å². The molecule has 0 radical (unpaired) electrons. The van der Waals surface area contributed by atoms with Crippen LogP contribution in [0, 0.1) is 0 Å². The molecular weight excluding hydrogens is 298 g/mol. The number of benzene rings is 1. The largest absolute Gasteiger partial charge is 0.497 e. The molecule has 0 fully saturated rings. The van der Waals surface area contributed by atoms with Crippen LogP contribution in [-0.4, -0.2) is 33.9 Å². The number of methoxy groups -OCH3 is 1. The van der Waals surface area contributed by atoms with Crippen LogP contribution < -0.4 is 10.1 Å². The Morgan fingerprint density at radius 2 is 1.87 bits per heavy atom. The molecule has 1 amide bonds. The molecule has 1 heterocycles. The van der Waals surface area contributed by atoms with Gasteiger partial charge in [-0.05, 0) is 37.6 Å². The SMILES string of the molecule is COc1ccc(C(NC(=O)c2ccn(C(C)C)n2)C(=O)O)cc1. The van der Waals surface area contributed by atoms with E-state index in [-0.39, 0.29) is 11.7 Å². The Labute approximate surface area is 133 Å². The number of nitrogens with one attached hydrogen (secondary N) is 1. The van der Waals surface area contributed by atoms with Crippen LogP contribution in [-0.2, 0) is 4.79 Å². The number of carbonyl (C=O) groups excluding carboxylic acids is 1. The summed E-state index contributed by atoms with van der Waals surface area (Å²) in [6, 6.07) is 7.01. The van der Waals surface area contributed by atoms with E-state index in [0.717, 1.165) is 0 Å². The first-order chi connectivity index (χ1) is 10.9. The summed E-state index contributed by atoms with van der Waals surface area (Å²) in [5.41, 5.74) is 0.633. The van der Waals surface area contributed by atoms with Gasteiger partial charge in [-0.1, -0.05) is 12.1 Å². The van der Waals surface area contributed by atoms with Crippen LogP contribution in [0.25, 0.3) is 0 Å². The van der Waals surface area contributed by atoms with Crippen LogP contribution in [0.1, 0.15) is 42.0 Å². The third kappa shape index (κ3) is 3.88. The number of ether oxygens (including phenoxy) is 1. The van der Waals surface area contributed by atoms with E-state index in [4.69, 9.17) is 4.74 Å². The second-order valence-electron chi connectivity index (χ2n) is 5.29. The van der Waals surface area contributed by atoms with Crippen molar-refractivity contribution in [2.75, 3.05) is 7.11 Å². The van der Waals surface area contributed by atoms with Gasteiger partial charge in [-0.3, -0.25) is 9.48 Å². The zero-order valence-corrected chi connectivity index (χ0v) is 13.2. The molecule has 0 aliphatic rings. The van der Waals surface area contributed by atoms with Crippen molar-refractivity contribution in [2.45, 2.75) is 25.9 Å². The lowest BCUT2D eigenvalue weighted by atomic mass is 10.1. The average molecular weight is 317 g/mol. The standard InChI is InChI=1S/C16H19N3O4/c1-10(2)19-9-8-13(18-19)15(20)17-14(16(21)22)11-4-6-12(23-3)7-5-11/h4-10,14H,1-3H3,(H,17,20)(H,21,22). The van der Waals surface area contributed by atoms with Crippen LogP contribution in [0.4, 0.5) is 0 Å². The summed E-state index contributed by atoms with van der Waals surface area (Å²) in [6.45, 7) is 3.87. The number of hydrogen-bond acceptors (Lipinski definition) is 4. The summed E-state index contributed by atoms with van der Waals surface area (Å²) in [6.07, 6.45) is 1.68. The van der Waals surface area contributed by atoms with Crippen LogP contribution in [0.15, 0.2) is 36.5 Å². The number of carbonyl (C=O) groups is 2. The maximum atomic E-state index is 12.2. The van der Waals surface area contributed by atoms with E-state index in [0.29, 0.717) is 11.3 Å². The fourth-order valence-corrected chi connectivity index (χ4v) is 2.04.